The molecule has 0 bridgehead atoms. The average Bonchev–Trinajstić information content (AvgIpc) is 3.87. The molecule has 10 rings (SSSR count). The highest BCUT2D eigenvalue weighted by molar-refractivity contribution is 6.89. The van der Waals surface area contributed by atoms with Crippen LogP contribution < -0.4 is 14.3 Å². The number of furan rings is 1. The Balaban J connectivity index is 1.18. The first-order valence-corrected chi connectivity index (χ1v) is 26.8. The van der Waals surface area contributed by atoms with Crippen LogP contribution in [0.15, 0.2) is 89.6 Å². The summed E-state index contributed by atoms with van der Waals surface area (Å²) >= 11 is 0. The number of benzene rings is 2. The lowest BCUT2D eigenvalue weighted by atomic mass is 9.76. The number of nitrogens with zero attached hydrogens (tertiary/aromatic N) is 3. The van der Waals surface area contributed by atoms with Crippen LogP contribution in [0.4, 0.5) is 0 Å². The molecule has 2 saturated carbocycles. The van der Waals surface area contributed by atoms with E-state index in [9.17, 15) is 0 Å². The van der Waals surface area contributed by atoms with Gasteiger partial charge in [0.05, 0.1) is 25.1 Å². The zero-order valence-corrected chi connectivity index (χ0v) is 37.7. The molecule has 6 aromatic rings. The minimum absolute atomic E-state index is 0.156. The predicted molar refractivity (Wildman–Crippen MR) is 246 cm³/mol. The van der Waals surface area contributed by atoms with Crippen molar-refractivity contribution in [1.82, 2.24) is 4.98 Å². The maximum absolute atomic E-state index is 6.91. The van der Waals surface area contributed by atoms with Crippen LogP contribution in [0.1, 0.15) is 129 Å². The highest BCUT2D eigenvalue weighted by Gasteiger charge is 2.45. The summed E-state index contributed by atoms with van der Waals surface area (Å²) in [5.41, 5.74) is 16.8. The largest absolute Gasteiger partial charge is 0.437 e. The van der Waals surface area contributed by atoms with Gasteiger partial charge in [-0.2, -0.15) is 9.13 Å². The molecule has 2 unspecified atom stereocenters. The van der Waals surface area contributed by atoms with Gasteiger partial charge in [0.25, 0.3) is 0 Å². The van der Waals surface area contributed by atoms with Crippen LogP contribution in [-0.2, 0) is 25.8 Å². The number of rotatable bonds is 6. The molecule has 2 fully saturated rings. The molecule has 2 aromatic carbocycles. The van der Waals surface area contributed by atoms with Gasteiger partial charge in [-0.05, 0) is 90.8 Å². The summed E-state index contributed by atoms with van der Waals surface area (Å²) in [6, 6.07) is 23.8. The van der Waals surface area contributed by atoms with E-state index < -0.39 is 8.07 Å². The summed E-state index contributed by atoms with van der Waals surface area (Å²) in [4.78, 5) is 4.90. The number of aromatic nitrogens is 3. The monoisotopic (exact) mass is 799 g/mol. The fraction of sp³-hybridized carbons (Fsp3) is 0.463. The van der Waals surface area contributed by atoms with E-state index in [-0.39, 0.29) is 6.04 Å². The zero-order valence-electron chi connectivity index (χ0n) is 36.7. The van der Waals surface area contributed by atoms with Gasteiger partial charge < -0.3 is 4.42 Å². The smallest absolute Gasteiger partial charge is 0.227 e. The molecule has 2 atom stereocenters. The van der Waals surface area contributed by atoms with Crippen molar-refractivity contribution in [3.05, 3.63) is 119 Å². The van der Waals surface area contributed by atoms with Gasteiger partial charge in [-0.1, -0.05) is 128 Å². The predicted octanol–water partition coefficient (Wildman–Crippen LogP) is 12.6. The second kappa shape index (κ2) is 15.3. The van der Waals surface area contributed by atoms with Crippen molar-refractivity contribution in [2.75, 3.05) is 0 Å². The van der Waals surface area contributed by atoms with Gasteiger partial charge in [-0.3, -0.25) is 0 Å². The van der Waals surface area contributed by atoms with Crippen LogP contribution >= 0.6 is 0 Å². The summed E-state index contributed by atoms with van der Waals surface area (Å²) < 4.78 is 12.2. The standard InChI is InChI=1S/C54H65N3OSi/c1-34(2)47-32-56-31-35(3)52-44(42-19-13-14-20-43(42)48-30-41(28-38-15-9-8-10-16-38)50(33-57(48)52)59(5,6)7)25-22-39-23-26-45-46-24-21-36(4)55-54(46)58-53(45)51(39)49(56)29-40(47)27-37-17-11-12-18-37/h13-14,19-21,23-24,26,29-30,32-34,37-38,44,52H,3,8-12,15-18,22,25,27-28,31H2,1-2,4-7H3/q+2. The second-order valence-corrected chi connectivity index (χ2v) is 25.5. The van der Waals surface area contributed by atoms with E-state index in [1.807, 2.05) is 0 Å². The highest BCUT2D eigenvalue weighted by Crippen LogP contribution is 2.46. The fourth-order valence-electron chi connectivity index (χ4n) is 12.0. The van der Waals surface area contributed by atoms with E-state index in [4.69, 9.17) is 16.0 Å². The van der Waals surface area contributed by atoms with Crippen molar-refractivity contribution in [3.8, 4) is 22.5 Å². The maximum Gasteiger partial charge on any atom is 0.227 e. The minimum atomic E-state index is -1.69. The Kier molecular flexibility index (Phi) is 10.1. The Morgan fingerprint density at radius 3 is 2.24 bits per heavy atom. The summed E-state index contributed by atoms with van der Waals surface area (Å²) in [6.45, 7) is 20.4. The second-order valence-electron chi connectivity index (χ2n) is 20.5. The fourth-order valence-corrected chi connectivity index (χ4v) is 13.7. The Hall–Kier alpha value is -4.35. The highest BCUT2D eigenvalue weighted by atomic mass is 28.3. The number of aryl methyl sites for hydroxylation is 2. The molecule has 0 N–H and O–H groups in total. The van der Waals surface area contributed by atoms with Crippen molar-refractivity contribution < 1.29 is 13.6 Å². The van der Waals surface area contributed by atoms with Gasteiger partial charge in [0.1, 0.15) is 0 Å². The first kappa shape index (κ1) is 38.8. The Morgan fingerprint density at radius 2 is 1.49 bits per heavy atom. The van der Waals surface area contributed by atoms with Crippen LogP contribution in [-0.4, -0.2) is 13.1 Å². The molecule has 0 saturated heterocycles. The lowest BCUT2D eigenvalue weighted by molar-refractivity contribution is -0.722. The molecule has 304 valence electrons. The normalized spacial score (nSPS) is 20.1. The number of hydrogen-bond acceptors (Lipinski definition) is 2. The molecule has 59 heavy (non-hydrogen) atoms. The van der Waals surface area contributed by atoms with Crippen molar-refractivity contribution in [1.29, 1.82) is 0 Å². The van der Waals surface area contributed by atoms with Gasteiger partial charge in [-0.15, -0.1) is 0 Å². The van der Waals surface area contributed by atoms with Crippen LogP contribution in [0.2, 0.25) is 19.6 Å². The molecule has 5 heteroatoms. The SMILES string of the molecule is C=C1C[n+]2cc(C(C)C)c(CC3CCCC3)cc2-c2c(ccc3c2oc2nc(C)ccc23)CCC2c3ccccc3-c3cc(CC4CCCCC4)c([Si](C)(C)C)c[n+]3C12. The van der Waals surface area contributed by atoms with Crippen molar-refractivity contribution >= 4 is 35.3 Å². The lowest BCUT2D eigenvalue weighted by Crippen LogP contribution is -2.55. The van der Waals surface area contributed by atoms with E-state index >= 15 is 0 Å². The van der Waals surface area contributed by atoms with Crippen LogP contribution in [0.5, 0.6) is 0 Å². The van der Waals surface area contributed by atoms with Gasteiger partial charge in [-0.25, -0.2) is 4.98 Å². The minimum Gasteiger partial charge on any atom is -0.437 e. The molecule has 4 aliphatic rings. The quantitative estimate of drug-likeness (QED) is 0.0955. The van der Waals surface area contributed by atoms with Gasteiger partial charge in [0.2, 0.25) is 17.1 Å². The van der Waals surface area contributed by atoms with Gasteiger partial charge in [0, 0.05) is 44.9 Å². The Bertz CT molecular complexity index is 2600. The molecule has 2 aliphatic heterocycles. The van der Waals surface area contributed by atoms with Gasteiger partial charge in [0.15, 0.2) is 30.6 Å². The summed E-state index contributed by atoms with van der Waals surface area (Å²) in [5.74, 6) is 2.29. The Labute approximate surface area is 353 Å². The first-order valence-electron chi connectivity index (χ1n) is 23.3. The van der Waals surface area contributed by atoms with Crippen molar-refractivity contribution in [2.24, 2.45) is 11.8 Å². The maximum atomic E-state index is 6.91. The molecule has 2 aliphatic carbocycles. The van der Waals surface area contributed by atoms with Crippen molar-refractivity contribution in [3.63, 3.8) is 0 Å². The van der Waals surface area contributed by atoms with Crippen molar-refractivity contribution in [2.45, 2.75) is 148 Å². The van der Waals surface area contributed by atoms with Crippen LogP contribution in [0.25, 0.3) is 44.6 Å². The molecule has 6 heterocycles. The van der Waals surface area contributed by atoms with E-state index in [2.05, 4.69) is 123 Å². The molecular weight excluding hydrogens is 735 g/mol. The first-order chi connectivity index (χ1) is 28.5. The zero-order chi connectivity index (χ0) is 40.6. The van der Waals surface area contributed by atoms with E-state index in [0.717, 1.165) is 65.4 Å². The van der Waals surface area contributed by atoms with Gasteiger partial charge >= 0.3 is 0 Å². The van der Waals surface area contributed by atoms with Crippen LogP contribution in [0, 0.1) is 18.8 Å². The van der Waals surface area contributed by atoms with Crippen LogP contribution in [0.3, 0.4) is 0 Å². The van der Waals surface area contributed by atoms with E-state index in [0.29, 0.717) is 11.8 Å². The molecular formula is C54H65N3OSi+2. The third-order valence-electron chi connectivity index (χ3n) is 15.0. The number of pyridine rings is 3. The number of allylic oxidation sites excluding steroid dienone is 1. The topological polar surface area (TPSA) is 33.8 Å². The van der Waals surface area contributed by atoms with E-state index in [1.54, 1.807) is 10.8 Å². The third kappa shape index (κ3) is 7.03. The summed E-state index contributed by atoms with van der Waals surface area (Å²) in [7, 11) is -1.69. The molecule has 4 nitrogen and oxygen atoms in total. The molecule has 4 aromatic heterocycles. The lowest BCUT2D eigenvalue weighted by Gasteiger charge is -2.34. The van der Waals surface area contributed by atoms with E-state index in [1.165, 1.54) is 115 Å². The molecule has 0 spiro atoms. The summed E-state index contributed by atoms with van der Waals surface area (Å²) in [6.07, 6.45) is 21.9. The summed E-state index contributed by atoms with van der Waals surface area (Å²) in [5, 5.41) is 3.90. The average molecular weight is 800 g/mol. The molecule has 0 amide bonds. The third-order valence-corrected chi connectivity index (χ3v) is 17.0. The Morgan fingerprint density at radius 1 is 0.797 bits per heavy atom. The molecule has 0 radical (unpaired) electrons. The number of hydrogen-bond donors (Lipinski definition) is 0. The number of fused-ring (bicyclic) bond motifs is 13.